The molecule has 21 heavy (non-hydrogen) atoms. The number of hydrogen-bond donors (Lipinski definition) is 2. The van der Waals surface area contributed by atoms with Gasteiger partial charge < -0.3 is 10.0 Å². The number of carboxylic acid groups (broad SMARTS) is 1. The summed E-state index contributed by atoms with van der Waals surface area (Å²) in [5, 5.41) is 12.9. The van der Waals surface area contributed by atoms with Gasteiger partial charge in [0, 0.05) is 24.8 Å². The van der Waals surface area contributed by atoms with Crippen molar-refractivity contribution >= 4 is 11.7 Å². The molecule has 0 aliphatic heterocycles. The highest BCUT2D eigenvalue weighted by atomic mass is 16.4. The molecule has 0 spiro atoms. The van der Waals surface area contributed by atoms with Crippen LogP contribution < -0.4 is 10.2 Å². The van der Waals surface area contributed by atoms with Crippen molar-refractivity contribution in [2.24, 2.45) is 0 Å². The Bertz CT molecular complexity index is 459. The van der Waals surface area contributed by atoms with Gasteiger partial charge in [-0.25, -0.2) is 0 Å². The standard InChI is InChI=1S/C17H26N2O2/c1-3-4-12-19(15-8-6-5-7-9-15)13-17(2,16(20)21)18-14-10-11-14/h5-9,14,18H,3-4,10-13H2,1-2H3,(H,20,21). The van der Waals surface area contributed by atoms with Crippen LogP contribution in [-0.4, -0.2) is 35.7 Å². The van der Waals surface area contributed by atoms with E-state index in [1.807, 2.05) is 18.2 Å². The molecular formula is C17H26N2O2. The second kappa shape index (κ2) is 6.94. The second-order valence-electron chi connectivity index (χ2n) is 6.17. The summed E-state index contributed by atoms with van der Waals surface area (Å²) >= 11 is 0. The number of rotatable bonds is 9. The van der Waals surface area contributed by atoms with E-state index in [4.69, 9.17) is 0 Å². The molecule has 0 bridgehead atoms. The van der Waals surface area contributed by atoms with Crippen molar-refractivity contribution in [2.75, 3.05) is 18.0 Å². The first-order chi connectivity index (χ1) is 10.0. The smallest absolute Gasteiger partial charge is 0.325 e. The molecule has 0 heterocycles. The zero-order valence-electron chi connectivity index (χ0n) is 13.0. The molecule has 2 rings (SSSR count). The Morgan fingerprint density at radius 2 is 2.05 bits per heavy atom. The first kappa shape index (κ1) is 15.8. The number of nitrogens with one attached hydrogen (secondary N) is 1. The number of aliphatic carboxylic acids is 1. The predicted octanol–water partition coefficient (Wildman–Crippen LogP) is 2.89. The van der Waals surface area contributed by atoms with Crippen LogP contribution in [0.15, 0.2) is 30.3 Å². The summed E-state index contributed by atoms with van der Waals surface area (Å²) in [5.41, 5.74) is 0.195. The molecule has 1 unspecified atom stereocenters. The molecule has 0 radical (unpaired) electrons. The molecule has 1 saturated carbocycles. The van der Waals surface area contributed by atoms with E-state index in [1.165, 1.54) is 0 Å². The fourth-order valence-corrected chi connectivity index (χ4v) is 2.52. The highest BCUT2D eigenvalue weighted by Gasteiger charge is 2.39. The van der Waals surface area contributed by atoms with Crippen LogP contribution in [0.5, 0.6) is 0 Å². The number of anilines is 1. The Kier molecular flexibility index (Phi) is 5.23. The van der Waals surface area contributed by atoms with Gasteiger partial charge in [-0.1, -0.05) is 31.5 Å². The number of benzene rings is 1. The maximum absolute atomic E-state index is 11.7. The fourth-order valence-electron chi connectivity index (χ4n) is 2.52. The molecule has 1 aromatic rings. The molecule has 1 fully saturated rings. The Morgan fingerprint density at radius 1 is 1.38 bits per heavy atom. The maximum Gasteiger partial charge on any atom is 0.325 e. The number of nitrogens with zero attached hydrogens (tertiary/aromatic N) is 1. The van der Waals surface area contributed by atoms with Gasteiger partial charge in [0.1, 0.15) is 5.54 Å². The molecule has 1 aliphatic carbocycles. The van der Waals surface area contributed by atoms with Crippen LogP contribution >= 0.6 is 0 Å². The molecule has 2 N–H and O–H groups in total. The largest absolute Gasteiger partial charge is 0.480 e. The van der Waals surface area contributed by atoms with Crippen LogP contribution in [0, 0.1) is 0 Å². The first-order valence-electron chi connectivity index (χ1n) is 7.86. The van der Waals surface area contributed by atoms with Gasteiger partial charge in [0.15, 0.2) is 0 Å². The number of carboxylic acids is 1. The number of carbonyl (C=O) groups is 1. The number of hydrogen-bond acceptors (Lipinski definition) is 3. The van der Waals surface area contributed by atoms with Crippen molar-refractivity contribution in [1.82, 2.24) is 5.32 Å². The zero-order chi connectivity index (χ0) is 15.3. The molecule has 0 aromatic heterocycles. The average molecular weight is 290 g/mol. The van der Waals surface area contributed by atoms with Crippen molar-refractivity contribution < 1.29 is 9.90 Å². The van der Waals surface area contributed by atoms with Crippen LogP contribution in [-0.2, 0) is 4.79 Å². The molecule has 1 aliphatic rings. The van der Waals surface area contributed by atoms with Crippen molar-refractivity contribution in [3.8, 4) is 0 Å². The lowest BCUT2D eigenvalue weighted by molar-refractivity contribution is -0.143. The van der Waals surface area contributed by atoms with E-state index >= 15 is 0 Å². The van der Waals surface area contributed by atoms with Gasteiger partial charge in [0.2, 0.25) is 0 Å². The van der Waals surface area contributed by atoms with Gasteiger partial charge in [0.05, 0.1) is 0 Å². The quantitative estimate of drug-likeness (QED) is 0.734. The summed E-state index contributed by atoms with van der Waals surface area (Å²) in [5.74, 6) is -0.771. The molecule has 1 atom stereocenters. The van der Waals surface area contributed by atoms with Crippen LogP contribution in [0.3, 0.4) is 0 Å². The lowest BCUT2D eigenvalue weighted by atomic mass is 10.0. The molecular weight excluding hydrogens is 264 g/mol. The highest BCUT2D eigenvalue weighted by Crippen LogP contribution is 2.25. The summed E-state index contributed by atoms with van der Waals surface area (Å²) in [6.45, 7) is 5.33. The van der Waals surface area contributed by atoms with E-state index in [-0.39, 0.29) is 0 Å². The number of unbranched alkanes of at least 4 members (excludes halogenated alkanes) is 1. The van der Waals surface area contributed by atoms with Crippen LogP contribution in [0.2, 0.25) is 0 Å². The molecule has 4 nitrogen and oxygen atoms in total. The van der Waals surface area contributed by atoms with Crippen LogP contribution in [0.4, 0.5) is 5.69 Å². The summed E-state index contributed by atoms with van der Waals surface area (Å²) < 4.78 is 0. The minimum Gasteiger partial charge on any atom is -0.480 e. The highest BCUT2D eigenvalue weighted by molar-refractivity contribution is 5.79. The third-order valence-electron chi connectivity index (χ3n) is 3.98. The van der Waals surface area contributed by atoms with E-state index in [1.54, 1.807) is 6.92 Å². The van der Waals surface area contributed by atoms with Crippen molar-refractivity contribution in [3.05, 3.63) is 30.3 Å². The summed E-state index contributed by atoms with van der Waals surface area (Å²) in [7, 11) is 0. The molecule has 1 aromatic carbocycles. The van der Waals surface area contributed by atoms with E-state index < -0.39 is 11.5 Å². The van der Waals surface area contributed by atoms with E-state index in [0.717, 1.165) is 37.9 Å². The summed E-state index contributed by atoms with van der Waals surface area (Å²) in [6.07, 6.45) is 4.34. The van der Waals surface area contributed by atoms with Gasteiger partial charge in [-0.3, -0.25) is 10.1 Å². The van der Waals surface area contributed by atoms with E-state index in [0.29, 0.717) is 12.6 Å². The van der Waals surface area contributed by atoms with Gasteiger partial charge in [-0.2, -0.15) is 0 Å². The van der Waals surface area contributed by atoms with Gasteiger partial charge in [0.25, 0.3) is 0 Å². The minimum absolute atomic E-state index is 0.370. The fraction of sp³-hybridized carbons (Fsp3) is 0.588. The lowest BCUT2D eigenvalue weighted by Gasteiger charge is -2.35. The Labute approximate surface area is 127 Å². The third-order valence-corrected chi connectivity index (χ3v) is 3.98. The van der Waals surface area contributed by atoms with Gasteiger partial charge in [-0.05, 0) is 38.3 Å². The predicted molar refractivity (Wildman–Crippen MR) is 85.8 cm³/mol. The third kappa shape index (κ3) is 4.46. The van der Waals surface area contributed by atoms with Crippen LogP contribution in [0.25, 0.3) is 0 Å². The van der Waals surface area contributed by atoms with Gasteiger partial charge in [-0.15, -0.1) is 0 Å². The molecule has 4 heteroatoms. The van der Waals surface area contributed by atoms with E-state index in [2.05, 4.69) is 29.3 Å². The Balaban J connectivity index is 2.13. The van der Waals surface area contributed by atoms with Crippen LogP contribution in [0.1, 0.15) is 39.5 Å². The van der Waals surface area contributed by atoms with Crippen molar-refractivity contribution in [2.45, 2.75) is 51.1 Å². The monoisotopic (exact) mass is 290 g/mol. The molecule has 0 amide bonds. The lowest BCUT2D eigenvalue weighted by Crippen LogP contribution is -2.58. The van der Waals surface area contributed by atoms with Crippen molar-refractivity contribution in [3.63, 3.8) is 0 Å². The maximum atomic E-state index is 11.7. The van der Waals surface area contributed by atoms with E-state index in [9.17, 15) is 9.90 Å². The molecule has 116 valence electrons. The SMILES string of the molecule is CCCCN(CC(C)(NC1CC1)C(=O)O)c1ccccc1. The molecule has 0 saturated heterocycles. The average Bonchev–Trinajstić information content (AvgIpc) is 3.28. The topological polar surface area (TPSA) is 52.6 Å². The zero-order valence-corrected chi connectivity index (χ0v) is 13.0. The minimum atomic E-state index is -0.898. The second-order valence-corrected chi connectivity index (χ2v) is 6.17. The summed E-state index contributed by atoms with van der Waals surface area (Å²) in [6, 6.07) is 10.5. The number of para-hydroxylation sites is 1. The van der Waals surface area contributed by atoms with Gasteiger partial charge >= 0.3 is 5.97 Å². The Morgan fingerprint density at radius 3 is 2.57 bits per heavy atom. The first-order valence-corrected chi connectivity index (χ1v) is 7.86. The normalized spacial score (nSPS) is 17.2. The van der Waals surface area contributed by atoms with Crippen molar-refractivity contribution in [1.29, 1.82) is 0 Å². The summed E-state index contributed by atoms with van der Waals surface area (Å²) in [4.78, 5) is 13.9. The Hall–Kier alpha value is -1.55.